The van der Waals surface area contributed by atoms with E-state index in [0.717, 1.165) is 17.3 Å². The van der Waals surface area contributed by atoms with Gasteiger partial charge in [-0.25, -0.2) is 0 Å². The van der Waals surface area contributed by atoms with Gasteiger partial charge >= 0.3 is 6.18 Å². The molecule has 3 N–H and O–H groups in total. The molecule has 1 aromatic carbocycles. The van der Waals surface area contributed by atoms with Crippen LogP contribution in [0.4, 0.5) is 13.2 Å². The van der Waals surface area contributed by atoms with Gasteiger partial charge in [0.25, 0.3) is 5.91 Å². The van der Waals surface area contributed by atoms with Crippen molar-refractivity contribution < 1.29 is 22.4 Å². The summed E-state index contributed by atoms with van der Waals surface area (Å²) in [5.41, 5.74) is 7.19. The second-order valence-electron chi connectivity index (χ2n) is 7.06. The Labute approximate surface area is 182 Å². The maximum absolute atomic E-state index is 13.2. The van der Waals surface area contributed by atoms with Gasteiger partial charge in [-0.05, 0) is 30.5 Å². The van der Waals surface area contributed by atoms with Gasteiger partial charge in [-0.2, -0.15) is 18.3 Å². The first-order valence-electron chi connectivity index (χ1n) is 9.62. The number of carbonyl (C=O) groups is 1. The zero-order valence-corrected chi connectivity index (χ0v) is 17.7. The van der Waals surface area contributed by atoms with Crippen molar-refractivity contribution in [3.63, 3.8) is 0 Å². The molecule has 0 aliphatic rings. The molecule has 2 aromatic heterocycles. The Morgan fingerprint density at radius 1 is 1.35 bits per heavy atom. The molecule has 31 heavy (non-hydrogen) atoms. The second-order valence-corrected chi connectivity index (χ2v) is 7.42. The molecule has 2 heterocycles. The summed E-state index contributed by atoms with van der Waals surface area (Å²) in [6, 6.07) is 6.06. The highest BCUT2D eigenvalue weighted by Crippen LogP contribution is 2.33. The number of halogens is 4. The van der Waals surface area contributed by atoms with Crippen LogP contribution in [0.15, 0.2) is 41.0 Å². The van der Waals surface area contributed by atoms with Crippen LogP contribution in [0.1, 0.15) is 34.2 Å². The third-order valence-electron chi connectivity index (χ3n) is 4.96. The third-order valence-corrected chi connectivity index (χ3v) is 5.26. The molecule has 0 saturated heterocycles. The molecule has 0 saturated carbocycles. The first kappa shape index (κ1) is 22.9. The number of hydrogen-bond donors (Lipinski definition) is 2. The molecule has 0 fully saturated rings. The Bertz CT molecular complexity index is 1080. The van der Waals surface area contributed by atoms with E-state index in [0.29, 0.717) is 17.1 Å². The normalized spacial score (nSPS) is 12.7. The highest BCUT2D eigenvalue weighted by Gasteiger charge is 2.33. The second kappa shape index (κ2) is 9.15. The topological polar surface area (TPSA) is 86.1 Å². The lowest BCUT2D eigenvalue weighted by molar-refractivity contribution is -0.138. The van der Waals surface area contributed by atoms with E-state index in [1.165, 1.54) is 24.5 Å². The van der Waals surface area contributed by atoms with E-state index in [-0.39, 0.29) is 24.3 Å². The zero-order valence-electron chi connectivity index (χ0n) is 17.0. The van der Waals surface area contributed by atoms with Crippen molar-refractivity contribution in [2.75, 3.05) is 6.54 Å². The number of aromatic nitrogens is 2. The summed E-state index contributed by atoms with van der Waals surface area (Å²) in [7, 11) is 1.73. The summed E-state index contributed by atoms with van der Waals surface area (Å²) in [6.45, 7) is 1.90. The number of nitrogens with one attached hydrogen (secondary N) is 1. The van der Waals surface area contributed by atoms with E-state index in [4.69, 9.17) is 21.8 Å². The van der Waals surface area contributed by atoms with Gasteiger partial charge in [-0.15, -0.1) is 0 Å². The Balaban J connectivity index is 1.78. The number of amides is 1. The molecule has 6 nitrogen and oxygen atoms in total. The molecule has 0 bridgehead atoms. The molecule has 0 radical (unpaired) electrons. The maximum atomic E-state index is 13.2. The van der Waals surface area contributed by atoms with Crippen LogP contribution < -0.4 is 11.1 Å². The van der Waals surface area contributed by atoms with Crippen LogP contribution in [0.3, 0.4) is 0 Å². The van der Waals surface area contributed by atoms with E-state index < -0.39 is 23.7 Å². The molecule has 166 valence electrons. The minimum absolute atomic E-state index is 0.0110. The summed E-state index contributed by atoms with van der Waals surface area (Å²) in [5.74, 6) is -0.561. The number of rotatable bonds is 7. The fourth-order valence-electron chi connectivity index (χ4n) is 3.48. The molecule has 3 rings (SSSR count). The number of alkyl halides is 3. The lowest BCUT2D eigenvalue weighted by Gasteiger charge is -2.19. The van der Waals surface area contributed by atoms with Crippen LogP contribution in [0, 0.1) is 0 Å². The zero-order chi connectivity index (χ0) is 22.8. The van der Waals surface area contributed by atoms with Gasteiger partial charge in [-0.1, -0.05) is 36.7 Å². The van der Waals surface area contributed by atoms with Gasteiger partial charge < -0.3 is 15.5 Å². The highest BCUT2D eigenvalue weighted by atomic mass is 35.5. The fraction of sp³-hybridized carbons (Fsp3) is 0.333. The van der Waals surface area contributed by atoms with Crippen LogP contribution >= 0.6 is 11.6 Å². The van der Waals surface area contributed by atoms with Crippen molar-refractivity contribution in [2.45, 2.75) is 32.0 Å². The van der Waals surface area contributed by atoms with E-state index in [1.54, 1.807) is 17.8 Å². The van der Waals surface area contributed by atoms with Gasteiger partial charge in [0, 0.05) is 30.8 Å². The van der Waals surface area contributed by atoms with E-state index in [1.807, 2.05) is 6.92 Å². The molecule has 10 heteroatoms. The number of carbonyl (C=O) groups excluding carboxylic acids is 1. The Kier molecular flexibility index (Phi) is 6.76. The quantitative estimate of drug-likeness (QED) is 0.560. The van der Waals surface area contributed by atoms with Crippen molar-refractivity contribution in [3.05, 3.63) is 64.2 Å². The molecule has 3 aromatic rings. The van der Waals surface area contributed by atoms with Gasteiger partial charge in [0.1, 0.15) is 6.26 Å². The summed E-state index contributed by atoms with van der Waals surface area (Å²) < 4.78 is 46.7. The maximum Gasteiger partial charge on any atom is 0.416 e. The van der Waals surface area contributed by atoms with Crippen molar-refractivity contribution in [3.8, 4) is 11.3 Å². The lowest BCUT2D eigenvalue weighted by Crippen LogP contribution is -2.42. The number of furan rings is 1. The first-order valence-corrected chi connectivity index (χ1v) is 9.99. The molecule has 1 amide bonds. The smallest absolute Gasteiger partial charge is 0.416 e. The highest BCUT2D eigenvalue weighted by molar-refractivity contribution is 6.30. The number of aryl methyl sites for hydroxylation is 1. The fourth-order valence-corrected chi connectivity index (χ4v) is 3.82. The van der Waals surface area contributed by atoms with E-state index in [2.05, 4.69) is 10.4 Å². The van der Waals surface area contributed by atoms with Crippen LogP contribution in [0.5, 0.6) is 0 Å². The van der Waals surface area contributed by atoms with Crippen molar-refractivity contribution in [1.29, 1.82) is 0 Å². The Morgan fingerprint density at radius 2 is 2.06 bits per heavy atom. The summed E-state index contributed by atoms with van der Waals surface area (Å²) in [6.07, 6.45) is -2.50. The number of nitrogens with zero attached hydrogens (tertiary/aromatic N) is 2. The minimum atomic E-state index is -4.49. The molecule has 0 aliphatic heterocycles. The summed E-state index contributed by atoms with van der Waals surface area (Å²) in [5, 5.41) is 7.20. The van der Waals surface area contributed by atoms with Crippen LogP contribution in [-0.2, 0) is 26.1 Å². The molecule has 0 spiro atoms. The van der Waals surface area contributed by atoms with Gasteiger partial charge in [-0.3, -0.25) is 9.48 Å². The van der Waals surface area contributed by atoms with Crippen molar-refractivity contribution in [2.24, 2.45) is 12.8 Å². The molecular weight excluding hydrogens is 433 g/mol. The number of benzene rings is 1. The van der Waals surface area contributed by atoms with E-state index in [9.17, 15) is 18.0 Å². The predicted molar refractivity (Wildman–Crippen MR) is 111 cm³/mol. The van der Waals surface area contributed by atoms with Gasteiger partial charge in [0.15, 0.2) is 10.9 Å². The lowest BCUT2D eigenvalue weighted by atomic mass is 9.99. The average molecular weight is 455 g/mol. The van der Waals surface area contributed by atoms with E-state index >= 15 is 0 Å². The third kappa shape index (κ3) is 4.94. The summed E-state index contributed by atoms with van der Waals surface area (Å²) in [4.78, 5) is 12.6. The largest absolute Gasteiger partial charge is 0.458 e. The molecule has 0 unspecified atom stereocenters. The van der Waals surface area contributed by atoms with Gasteiger partial charge in [0.05, 0.1) is 11.3 Å². The van der Waals surface area contributed by atoms with Crippen molar-refractivity contribution >= 4 is 17.5 Å². The Hall–Kier alpha value is -2.78. The van der Waals surface area contributed by atoms with Crippen LogP contribution in [-0.4, -0.2) is 28.3 Å². The average Bonchev–Trinajstić information content (AvgIpc) is 3.30. The van der Waals surface area contributed by atoms with Crippen LogP contribution in [0.2, 0.25) is 5.15 Å². The minimum Gasteiger partial charge on any atom is -0.458 e. The van der Waals surface area contributed by atoms with Gasteiger partial charge in [0.2, 0.25) is 0 Å². The standard InChI is InChI=1S/C21H22ClF3N4O2/c1-3-15-18(29(2)28-19(15)22)13-9-17(31-11-13)20(30)27-14(10-26)8-12-6-4-5-7-16(12)21(23,24)25/h4-7,9,11,14H,3,8,10,26H2,1-2H3,(H,27,30)/t14-/m0/s1. The molecule has 0 aliphatic carbocycles. The monoisotopic (exact) mass is 454 g/mol. The Morgan fingerprint density at radius 3 is 2.71 bits per heavy atom. The summed E-state index contributed by atoms with van der Waals surface area (Å²) >= 11 is 6.14. The molecule has 1 atom stereocenters. The number of nitrogens with two attached hydrogens (primary N) is 1. The van der Waals surface area contributed by atoms with Crippen LogP contribution in [0.25, 0.3) is 11.3 Å². The van der Waals surface area contributed by atoms with Crippen molar-refractivity contribution in [1.82, 2.24) is 15.1 Å². The number of hydrogen-bond acceptors (Lipinski definition) is 4. The molecular formula is C21H22ClF3N4O2. The first-order chi connectivity index (χ1) is 14.7. The SMILES string of the molecule is CCc1c(Cl)nn(C)c1-c1coc(C(=O)N[C@H](CN)Cc2ccccc2C(F)(F)F)c1. The predicted octanol–water partition coefficient (Wildman–Crippen LogP) is 4.21.